The number of thiophene rings is 1. The molecule has 0 saturated heterocycles. The van der Waals surface area contributed by atoms with Crippen molar-refractivity contribution in [1.29, 1.82) is 0 Å². The van der Waals surface area contributed by atoms with E-state index < -0.39 is 0 Å². The van der Waals surface area contributed by atoms with Gasteiger partial charge < -0.3 is 10.2 Å². The van der Waals surface area contributed by atoms with Crippen molar-refractivity contribution >= 4 is 28.8 Å². The summed E-state index contributed by atoms with van der Waals surface area (Å²) in [6.45, 7) is 6.03. The Bertz CT molecular complexity index is 685. The summed E-state index contributed by atoms with van der Waals surface area (Å²) in [7, 11) is 1.66. The van der Waals surface area contributed by atoms with Crippen LogP contribution in [-0.4, -0.2) is 30.3 Å². The van der Waals surface area contributed by atoms with E-state index in [-0.39, 0.29) is 18.4 Å². The van der Waals surface area contributed by atoms with Crippen molar-refractivity contribution < 1.29 is 9.59 Å². The average molecular weight is 330 g/mol. The number of rotatable bonds is 5. The van der Waals surface area contributed by atoms with E-state index in [0.29, 0.717) is 6.42 Å². The lowest BCUT2D eigenvalue weighted by Gasteiger charge is -2.18. The molecule has 0 unspecified atom stereocenters. The van der Waals surface area contributed by atoms with Crippen molar-refractivity contribution in [3.63, 3.8) is 0 Å². The van der Waals surface area contributed by atoms with E-state index in [1.165, 1.54) is 10.5 Å². The lowest BCUT2D eigenvalue weighted by atomic mass is 10.1. The lowest BCUT2D eigenvalue weighted by Crippen LogP contribution is -2.35. The molecule has 0 spiro atoms. The van der Waals surface area contributed by atoms with Crippen LogP contribution in [0.3, 0.4) is 0 Å². The van der Waals surface area contributed by atoms with Gasteiger partial charge in [-0.3, -0.25) is 9.59 Å². The predicted octanol–water partition coefficient (Wildman–Crippen LogP) is 3.31. The van der Waals surface area contributed by atoms with Gasteiger partial charge in [0, 0.05) is 17.6 Å². The van der Waals surface area contributed by atoms with Gasteiger partial charge in [0.15, 0.2) is 0 Å². The molecule has 2 aromatic rings. The zero-order chi connectivity index (χ0) is 17.0. The van der Waals surface area contributed by atoms with Gasteiger partial charge >= 0.3 is 0 Å². The first-order valence-corrected chi connectivity index (χ1v) is 8.39. The second kappa shape index (κ2) is 7.42. The molecule has 0 aliphatic rings. The minimum atomic E-state index is -0.179. The molecule has 2 amide bonds. The largest absolute Gasteiger partial charge is 0.336 e. The number of hydrogen-bond acceptors (Lipinski definition) is 3. The molecule has 0 saturated carbocycles. The summed E-state index contributed by atoms with van der Waals surface area (Å²) in [5, 5.41) is 4.86. The van der Waals surface area contributed by atoms with E-state index >= 15 is 0 Å². The normalized spacial score (nSPS) is 10.4. The second-order valence-electron chi connectivity index (χ2n) is 5.83. The van der Waals surface area contributed by atoms with Crippen molar-refractivity contribution in [2.45, 2.75) is 27.2 Å². The van der Waals surface area contributed by atoms with Gasteiger partial charge in [-0.25, -0.2) is 0 Å². The van der Waals surface area contributed by atoms with Crippen LogP contribution in [0.25, 0.3) is 0 Å². The van der Waals surface area contributed by atoms with E-state index in [1.807, 2.05) is 50.4 Å². The Morgan fingerprint density at radius 2 is 1.83 bits per heavy atom. The van der Waals surface area contributed by atoms with Gasteiger partial charge in [-0.2, -0.15) is 0 Å². The lowest BCUT2D eigenvalue weighted by molar-refractivity contribution is -0.132. The number of nitrogens with zero attached hydrogens (tertiary/aromatic N) is 1. The fraction of sp³-hybridized carbons (Fsp3) is 0.333. The highest BCUT2D eigenvalue weighted by atomic mass is 32.1. The van der Waals surface area contributed by atoms with Crippen LogP contribution >= 0.6 is 11.3 Å². The van der Waals surface area contributed by atoms with E-state index in [0.717, 1.165) is 21.7 Å². The molecule has 2 rings (SSSR count). The molecule has 0 aliphatic carbocycles. The first-order chi connectivity index (χ1) is 10.9. The van der Waals surface area contributed by atoms with Crippen LogP contribution in [0.5, 0.6) is 0 Å². The summed E-state index contributed by atoms with van der Waals surface area (Å²) in [4.78, 5) is 26.8. The summed E-state index contributed by atoms with van der Waals surface area (Å²) >= 11 is 1.55. The van der Waals surface area contributed by atoms with Gasteiger partial charge in [-0.1, -0.05) is 23.8 Å². The fourth-order valence-electron chi connectivity index (χ4n) is 2.56. The maximum absolute atomic E-state index is 12.2. The van der Waals surface area contributed by atoms with Crippen molar-refractivity contribution in [3.8, 4) is 0 Å². The molecular weight excluding hydrogens is 308 g/mol. The molecule has 1 heterocycles. The molecule has 0 atom stereocenters. The number of carbonyl (C=O) groups is 2. The Hall–Kier alpha value is -2.14. The minimum absolute atomic E-state index is 0.0525. The first-order valence-electron chi connectivity index (χ1n) is 7.51. The average Bonchev–Trinajstić information content (AvgIpc) is 2.95. The van der Waals surface area contributed by atoms with Crippen molar-refractivity contribution in [2.75, 3.05) is 18.9 Å². The standard InChI is InChI=1S/C18H22N2O2S/c1-12-8-13(2)18(14(3)9-12)19-16(21)11-20(4)17(22)10-15-6-5-7-23-15/h5-9H,10-11H2,1-4H3,(H,19,21). The van der Waals surface area contributed by atoms with E-state index in [9.17, 15) is 9.59 Å². The molecule has 0 fully saturated rings. The van der Waals surface area contributed by atoms with Crippen LogP contribution in [0.1, 0.15) is 21.6 Å². The van der Waals surface area contributed by atoms with E-state index in [2.05, 4.69) is 5.32 Å². The summed E-state index contributed by atoms with van der Waals surface area (Å²) in [6, 6.07) is 7.92. The molecule has 5 heteroatoms. The third-order valence-corrected chi connectivity index (χ3v) is 4.53. The minimum Gasteiger partial charge on any atom is -0.336 e. The van der Waals surface area contributed by atoms with E-state index in [4.69, 9.17) is 0 Å². The molecule has 0 radical (unpaired) electrons. The molecule has 4 nitrogen and oxygen atoms in total. The Morgan fingerprint density at radius 3 is 2.39 bits per heavy atom. The fourth-order valence-corrected chi connectivity index (χ4v) is 3.25. The Kier molecular flexibility index (Phi) is 5.55. The monoisotopic (exact) mass is 330 g/mol. The summed E-state index contributed by atoms with van der Waals surface area (Å²) in [5.41, 5.74) is 4.06. The Morgan fingerprint density at radius 1 is 1.17 bits per heavy atom. The number of hydrogen-bond donors (Lipinski definition) is 1. The molecular formula is C18H22N2O2S. The molecule has 122 valence electrons. The summed E-state index contributed by atoms with van der Waals surface area (Å²) in [5.74, 6) is -0.234. The van der Waals surface area contributed by atoms with Crippen molar-refractivity contribution in [1.82, 2.24) is 4.90 Å². The molecule has 0 bridgehead atoms. The second-order valence-corrected chi connectivity index (χ2v) is 6.86. The van der Waals surface area contributed by atoms with Crippen molar-refractivity contribution in [2.24, 2.45) is 0 Å². The predicted molar refractivity (Wildman–Crippen MR) is 94.9 cm³/mol. The third kappa shape index (κ3) is 4.66. The van der Waals surface area contributed by atoms with Crippen molar-refractivity contribution in [3.05, 3.63) is 51.2 Å². The van der Waals surface area contributed by atoms with Gasteiger partial charge in [0.2, 0.25) is 11.8 Å². The van der Waals surface area contributed by atoms with Gasteiger partial charge in [-0.15, -0.1) is 11.3 Å². The number of anilines is 1. The maximum Gasteiger partial charge on any atom is 0.243 e. The van der Waals surface area contributed by atoms with Crippen LogP contribution in [-0.2, 0) is 16.0 Å². The number of likely N-dealkylation sites (N-methyl/N-ethyl adjacent to an activating group) is 1. The number of aryl methyl sites for hydroxylation is 3. The van der Waals surface area contributed by atoms with Gasteiger partial charge in [0.05, 0.1) is 13.0 Å². The van der Waals surface area contributed by atoms with Crippen LogP contribution in [0.2, 0.25) is 0 Å². The highest BCUT2D eigenvalue weighted by Gasteiger charge is 2.15. The Labute approximate surface area is 141 Å². The number of carbonyl (C=O) groups excluding carboxylic acids is 2. The van der Waals surface area contributed by atoms with Gasteiger partial charge in [0.25, 0.3) is 0 Å². The van der Waals surface area contributed by atoms with Gasteiger partial charge in [-0.05, 0) is 43.3 Å². The topological polar surface area (TPSA) is 49.4 Å². The smallest absolute Gasteiger partial charge is 0.243 e. The zero-order valence-corrected chi connectivity index (χ0v) is 14.8. The number of amides is 2. The molecule has 1 aromatic heterocycles. The quantitative estimate of drug-likeness (QED) is 0.914. The zero-order valence-electron chi connectivity index (χ0n) is 14.0. The molecule has 1 N–H and O–H groups in total. The maximum atomic E-state index is 12.2. The van der Waals surface area contributed by atoms with Gasteiger partial charge in [0.1, 0.15) is 0 Å². The molecule has 1 aromatic carbocycles. The SMILES string of the molecule is Cc1cc(C)c(NC(=O)CN(C)C(=O)Cc2cccs2)c(C)c1. The number of nitrogens with one attached hydrogen (secondary N) is 1. The first kappa shape index (κ1) is 17.2. The van der Waals surface area contributed by atoms with Crippen LogP contribution < -0.4 is 5.32 Å². The highest BCUT2D eigenvalue weighted by Crippen LogP contribution is 2.21. The molecule has 23 heavy (non-hydrogen) atoms. The molecule has 0 aliphatic heterocycles. The van der Waals surface area contributed by atoms with Crippen LogP contribution in [0.15, 0.2) is 29.6 Å². The Balaban J connectivity index is 1.95. The highest BCUT2D eigenvalue weighted by molar-refractivity contribution is 7.10. The summed E-state index contributed by atoms with van der Waals surface area (Å²) < 4.78 is 0. The van der Waals surface area contributed by atoms with Crippen LogP contribution in [0.4, 0.5) is 5.69 Å². The van der Waals surface area contributed by atoms with Crippen LogP contribution in [0, 0.1) is 20.8 Å². The van der Waals surface area contributed by atoms with E-state index in [1.54, 1.807) is 18.4 Å². The third-order valence-electron chi connectivity index (χ3n) is 3.65. The summed E-state index contributed by atoms with van der Waals surface area (Å²) in [6.07, 6.45) is 0.337. The number of benzene rings is 1.